The molecule has 1 amide bonds. The number of benzene rings is 2. The minimum absolute atomic E-state index is 0.144. The number of amides is 1. The zero-order valence-electron chi connectivity index (χ0n) is 17.0. The summed E-state index contributed by atoms with van der Waals surface area (Å²) in [4.78, 5) is 27.5. The first-order valence-electron chi connectivity index (χ1n) is 9.68. The zero-order chi connectivity index (χ0) is 21.7. The Kier molecular flexibility index (Phi) is 6.96. The first-order valence-corrected chi connectivity index (χ1v) is 9.68. The molecule has 2 aromatic rings. The molecular weight excluding hydrogens is 391 g/mol. The molecule has 0 aromatic heterocycles. The normalized spacial score (nSPS) is 15.4. The standard InChI is InChI=1S/C21H25FN4O4/c1-24(2)19-8-7-17(26(28)29)13-18(19)21(27)23-14-20(25-9-11-30-12-10-25)15-3-5-16(22)6-4-15/h3-8,13,20H,9-12,14H2,1-2H3,(H,23,27). The lowest BCUT2D eigenvalue weighted by Gasteiger charge is -2.35. The molecule has 0 aliphatic carbocycles. The number of anilines is 1. The molecule has 1 fully saturated rings. The Morgan fingerprint density at radius 2 is 1.90 bits per heavy atom. The molecule has 1 unspecified atom stereocenters. The summed E-state index contributed by atoms with van der Waals surface area (Å²) in [5.41, 5.74) is 1.55. The lowest BCUT2D eigenvalue weighted by molar-refractivity contribution is -0.384. The number of halogens is 1. The Morgan fingerprint density at radius 3 is 2.50 bits per heavy atom. The topological polar surface area (TPSA) is 87.9 Å². The second-order valence-electron chi connectivity index (χ2n) is 7.28. The Labute approximate surface area is 174 Å². The fraction of sp³-hybridized carbons (Fsp3) is 0.381. The number of carbonyl (C=O) groups excluding carboxylic acids is 1. The summed E-state index contributed by atoms with van der Waals surface area (Å²) in [6, 6.07) is 10.3. The third-order valence-corrected chi connectivity index (χ3v) is 5.11. The highest BCUT2D eigenvalue weighted by molar-refractivity contribution is 6.00. The first-order chi connectivity index (χ1) is 14.4. The van der Waals surface area contributed by atoms with Crippen molar-refractivity contribution in [2.45, 2.75) is 6.04 Å². The van der Waals surface area contributed by atoms with E-state index >= 15 is 0 Å². The van der Waals surface area contributed by atoms with Crippen molar-refractivity contribution in [3.8, 4) is 0 Å². The van der Waals surface area contributed by atoms with E-state index in [9.17, 15) is 19.3 Å². The van der Waals surface area contributed by atoms with Gasteiger partial charge in [-0.2, -0.15) is 0 Å². The van der Waals surface area contributed by atoms with Crippen molar-refractivity contribution < 1.29 is 18.8 Å². The maximum absolute atomic E-state index is 13.4. The monoisotopic (exact) mass is 416 g/mol. The second-order valence-corrected chi connectivity index (χ2v) is 7.28. The lowest BCUT2D eigenvalue weighted by atomic mass is 10.0. The fourth-order valence-electron chi connectivity index (χ4n) is 3.53. The first kappa shape index (κ1) is 21.7. The zero-order valence-corrected chi connectivity index (χ0v) is 17.0. The van der Waals surface area contributed by atoms with Gasteiger partial charge in [0.05, 0.1) is 29.7 Å². The number of nitrogens with one attached hydrogen (secondary N) is 1. The molecule has 3 rings (SSSR count). The highest BCUT2D eigenvalue weighted by Gasteiger charge is 2.25. The van der Waals surface area contributed by atoms with Gasteiger partial charge in [-0.3, -0.25) is 19.8 Å². The number of ether oxygens (including phenoxy) is 1. The SMILES string of the molecule is CN(C)c1ccc([N+](=O)[O-])cc1C(=O)NCC(c1ccc(F)cc1)N1CCOCC1. The van der Waals surface area contributed by atoms with Crippen LogP contribution in [0.2, 0.25) is 0 Å². The van der Waals surface area contributed by atoms with Crippen LogP contribution in [0.5, 0.6) is 0 Å². The number of rotatable bonds is 7. The van der Waals surface area contributed by atoms with Gasteiger partial charge in [-0.1, -0.05) is 12.1 Å². The molecule has 1 aliphatic heterocycles. The van der Waals surface area contributed by atoms with Gasteiger partial charge >= 0.3 is 0 Å². The number of carbonyl (C=O) groups is 1. The maximum Gasteiger partial charge on any atom is 0.270 e. The number of morpholine rings is 1. The van der Waals surface area contributed by atoms with E-state index in [0.717, 1.165) is 5.56 Å². The highest BCUT2D eigenvalue weighted by Crippen LogP contribution is 2.25. The molecule has 0 spiro atoms. The molecular formula is C21H25FN4O4. The summed E-state index contributed by atoms with van der Waals surface area (Å²) in [7, 11) is 3.54. The van der Waals surface area contributed by atoms with Crippen molar-refractivity contribution in [3.05, 3.63) is 69.5 Å². The summed E-state index contributed by atoms with van der Waals surface area (Å²) in [6.45, 7) is 2.83. The molecule has 1 saturated heterocycles. The highest BCUT2D eigenvalue weighted by atomic mass is 19.1. The number of non-ortho nitro benzene ring substituents is 1. The molecule has 30 heavy (non-hydrogen) atoms. The predicted octanol–water partition coefficient (Wildman–Crippen LogP) is 2.60. The summed E-state index contributed by atoms with van der Waals surface area (Å²) in [5.74, 6) is -0.724. The van der Waals surface area contributed by atoms with Gasteiger partial charge in [-0.05, 0) is 23.8 Å². The van der Waals surface area contributed by atoms with Crippen molar-refractivity contribution in [1.82, 2.24) is 10.2 Å². The van der Waals surface area contributed by atoms with E-state index in [1.165, 1.54) is 24.3 Å². The molecule has 1 aliphatic rings. The minimum Gasteiger partial charge on any atom is -0.379 e. The van der Waals surface area contributed by atoms with E-state index < -0.39 is 10.8 Å². The average molecular weight is 416 g/mol. The molecule has 0 bridgehead atoms. The largest absolute Gasteiger partial charge is 0.379 e. The van der Waals surface area contributed by atoms with Gasteiger partial charge in [-0.15, -0.1) is 0 Å². The quantitative estimate of drug-likeness (QED) is 0.551. The van der Waals surface area contributed by atoms with Crippen molar-refractivity contribution in [2.75, 3.05) is 51.8 Å². The van der Waals surface area contributed by atoms with Crippen molar-refractivity contribution in [2.24, 2.45) is 0 Å². The molecule has 9 heteroatoms. The molecule has 0 saturated carbocycles. The average Bonchev–Trinajstić information content (AvgIpc) is 2.75. The molecule has 1 atom stereocenters. The van der Waals surface area contributed by atoms with Gasteiger partial charge in [0, 0.05) is 51.5 Å². The van der Waals surface area contributed by atoms with Crippen LogP contribution in [0.4, 0.5) is 15.8 Å². The van der Waals surface area contributed by atoms with Crippen LogP contribution < -0.4 is 10.2 Å². The maximum atomic E-state index is 13.4. The second kappa shape index (κ2) is 9.64. The third kappa shape index (κ3) is 5.11. The molecule has 2 aromatic carbocycles. The van der Waals surface area contributed by atoms with Crippen molar-refractivity contribution in [1.29, 1.82) is 0 Å². The third-order valence-electron chi connectivity index (χ3n) is 5.11. The van der Waals surface area contributed by atoms with E-state index in [1.54, 1.807) is 37.2 Å². The van der Waals surface area contributed by atoms with Crippen LogP contribution >= 0.6 is 0 Å². The van der Waals surface area contributed by atoms with Gasteiger partial charge in [0.15, 0.2) is 0 Å². The summed E-state index contributed by atoms with van der Waals surface area (Å²) in [5, 5.41) is 14.1. The summed E-state index contributed by atoms with van der Waals surface area (Å²) < 4.78 is 18.8. The van der Waals surface area contributed by atoms with E-state index in [2.05, 4.69) is 10.2 Å². The lowest BCUT2D eigenvalue weighted by Crippen LogP contribution is -2.44. The van der Waals surface area contributed by atoms with Crippen LogP contribution in [0.15, 0.2) is 42.5 Å². The Hall–Kier alpha value is -3.04. The molecule has 0 radical (unpaired) electrons. The molecule has 1 heterocycles. The van der Waals surface area contributed by atoms with Crippen LogP contribution in [0.3, 0.4) is 0 Å². The predicted molar refractivity (Wildman–Crippen MR) is 111 cm³/mol. The van der Waals surface area contributed by atoms with Gasteiger partial charge in [0.2, 0.25) is 0 Å². The van der Waals surface area contributed by atoms with Crippen LogP contribution in [0, 0.1) is 15.9 Å². The van der Waals surface area contributed by atoms with Gasteiger partial charge < -0.3 is 15.0 Å². The Morgan fingerprint density at radius 1 is 1.23 bits per heavy atom. The van der Waals surface area contributed by atoms with Crippen LogP contribution in [0.1, 0.15) is 22.0 Å². The smallest absolute Gasteiger partial charge is 0.270 e. The van der Waals surface area contributed by atoms with Crippen molar-refractivity contribution in [3.63, 3.8) is 0 Å². The molecule has 160 valence electrons. The van der Waals surface area contributed by atoms with Crippen LogP contribution in [-0.4, -0.2) is 62.7 Å². The summed E-state index contributed by atoms with van der Waals surface area (Å²) >= 11 is 0. The Bertz CT molecular complexity index is 898. The van der Waals surface area contributed by atoms with E-state index in [4.69, 9.17) is 4.74 Å². The number of nitro groups is 1. The number of hydrogen-bond donors (Lipinski definition) is 1. The van der Waals surface area contributed by atoms with Gasteiger partial charge in [-0.25, -0.2) is 4.39 Å². The number of hydrogen-bond acceptors (Lipinski definition) is 6. The number of nitro benzene ring substituents is 1. The Balaban J connectivity index is 1.82. The summed E-state index contributed by atoms with van der Waals surface area (Å²) in [6.07, 6.45) is 0. The van der Waals surface area contributed by atoms with Crippen molar-refractivity contribution >= 4 is 17.3 Å². The van der Waals surface area contributed by atoms with Gasteiger partial charge in [0.25, 0.3) is 11.6 Å². The minimum atomic E-state index is -0.523. The van der Waals surface area contributed by atoms with Gasteiger partial charge in [0.1, 0.15) is 5.82 Å². The fourth-order valence-corrected chi connectivity index (χ4v) is 3.53. The van der Waals surface area contributed by atoms with E-state index in [1.807, 2.05) is 0 Å². The van der Waals surface area contributed by atoms with E-state index in [0.29, 0.717) is 32.0 Å². The van der Waals surface area contributed by atoms with Crippen LogP contribution in [0.25, 0.3) is 0 Å². The van der Waals surface area contributed by atoms with Crippen LogP contribution in [-0.2, 0) is 4.74 Å². The molecule has 1 N–H and O–H groups in total. The molecule has 8 nitrogen and oxygen atoms in total. The number of nitrogens with zero attached hydrogens (tertiary/aromatic N) is 3. The van der Waals surface area contributed by atoms with E-state index in [-0.39, 0.29) is 29.7 Å².